The Hall–Kier alpha value is -1.67. The molecule has 1 amide bonds. The standard InChI is InChI=1S/C13H16BrN3O4/c1-21-9-2-4-16(5-3-9)12-10(13(15)18)6-8(14)7-11(12)17(19)20/h6-7,9H,2-5H2,1H3,(H2,15,18). The van der Waals surface area contributed by atoms with Gasteiger partial charge in [-0.3, -0.25) is 14.9 Å². The van der Waals surface area contributed by atoms with Crippen molar-refractivity contribution in [3.8, 4) is 0 Å². The molecule has 1 aromatic rings. The smallest absolute Gasteiger partial charge is 0.294 e. The second-order valence-corrected chi connectivity index (χ2v) is 5.78. The van der Waals surface area contributed by atoms with Crippen LogP contribution in [-0.2, 0) is 4.74 Å². The summed E-state index contributed by atoms with van der Waals surface area (Å²) in [5.74, 6) is -0.678. The number of nitro benzene ring substituents is 1. The molecule has 2 rings (SSSR count). The Balaban J connectivity index is 2.45. The number of benzene rings is 1. The summed E-state index contributed by atoms with van der Waals surface area (Å²) in [6.45, 7) is 1.17. The highest BCUT2D eigenvalue weighted by Gasteiger charge is 2.29. The largest absolute Gasteiger partial charge is 0.381 e. The molecule has 0 unspecified atom stereocenters. The number of piperidine rings is 1. The third-order valence-corrected chi connectivity index (χ3v) is 4.07. The third-order valence-electron chi connectivity index (χ3n) is 3.61. The fourth-order valence-corrected chi connectivity index (χ4v) is 3.01. The zero-order valence-electron chi connectivity index (χ0n) is 11.5. The zero-order valence-corrected chi connectivity index (χ0v) is 13.1. The summed E-state index contributed by atoms with van der Waals surface area (Å²) in [6.07, 6.45) is 1.65. The van der Waals surface area contributed by atoms with E-state index < -0.39 is 10.8 Å². The second kappa shape index (κ2) is 6.40. The van der Waals surface area contributed by atoms with Crippen LogP contribution >= 0.6 is 15.9 Å². The van der Waals surface area contributed by atoms with Crippen LogP contribution in [0.25, 0.3) is 0 Å². The van der Waals surface area contributed by atoms with Gasteiger partial charge in [-0.2, -0.15) is 0 Å². The number of nitrogens with zero attached hydrogens (tertiary/aromatic N) is 2. The van der Waals surface area contributed by atoms with Crippen LogP contribution in [0, 0.1) is 10.1 Å². The maximum Gasteiger partial charge on any atom is 0.294 e. The van der Waals surface area contributed by atoms with Crippen molar-refractivity contribution in [2.45, 2.75) is 18.9 Å². The highest BCUT2D eigenvalue weighted by molar-refractivity contribution is 9.10. The van der Waals surface area contributed by atoms with Crippen LogP contribution in [0.15, 0.2) is 16.6 Å². The number of hydrogen-bond acceptors (Lipinski definition) is 5. The van der Waals surface area contributed by atoms with Gasteiger partial charge in [0.25, 0.3) is 11.6 Å². The molecule has 1 aliphatic rings. The number of nitrogens with two attached hydrogens (primary N) is 1. The number of hydrogen-bond donors (Lipinski definition) is 1. The molecule has 1 aromatic carbocycles. The van der Waals surface area contributed by atoms with E-state index in [1.54, 1.807) is 7.11 Å². The van der Waals surface area contributed by atoms with Gasteiger partial charge in [0, 0.05) is 30.7 Å². The maximum absolute atomic E-state index is 11.6. The first-order valence-corrected chi connectivity index (χ1v) is 7.28. The van der Waals surface area contributed by atoms with Crippen molar-refractivity contribution >= 4 is 33.2 Å². The fourth-order valence-electron chi connectivity index (χ4n) is 2.56. The maximum atomic E-state index is 11.6. The van der Waals surface area contributed by atoms with Crippen LogP contribution < -0.4 is 10.6 Å². The Kier molecular flexibility index (Phi) is 4.79. The van der Waals surface area contributed by atoms with E-state index in [2.05, 4.69) is 15.9 Å². The quantitative estimate of drug-likeness (QED) is 0.656. The average molecular weight is 358 g/mol. The van der Waals surface area contributed by atoms with Crippen LogP contribution in [-0.4, -0.2) is 37.1 Å². The van der Waals surface area contributed by atoms with Gasteiger partial charge in [-0.25, -0.2) is 0 Å². The number of primary amides is 1. The highest BCUT2D eigenvalue weighted by atomic mass is 79.9. The molecule has 1 aliphatic heterocycles. The SMILES string of the molecule is COC1CCN(c2c(C(N)=O)cc(Br)cc2[N+](=O)[O-])CC1. The minimum Gasteiger partial charge on any atom is -0.381 e. The van der Waals surface area contributed by atoms with E-state index in [-0.39, 0.29) is 17.4 Å². The van der Waals surface area contributed by atoms with Gasteiger partial charge in [-0.1, -0.05) is 15.9 Å². The van der Waals surface area contributed by atoms with E-state index in [4.69, 9.17) is 10.5 Å². The van der Waals surface area contributed by atoms with Gasteiger partial charge < -0.3 is 15.4 Å². The topological polar surface area (TPSA) is 98.7 Å². The highest BCUT2D eigenvalue weighted by Crippen LogP contribution is 2.36. The van der Waals surface area contributed by atoms with E-state index >= 15 is 0 Å². The van der Waals surface area contributed by atoms with Crippen LogP contribution in [0.4, 0.5) is 11.4 Å². The molecule has 8 heteroatoms. The average Bonchev–Trinajstić information content (AvgIpc) is 2.46. The summed E-state index contributed by atoms with van der Waals surface area (Å²) >= 11 is 3.18. The number of halogens is 1. The first kappa shape index (κ1) is 15.7. The first-order valence-electron chi connectivity index (χ1n) is 6.49. The van der Waals surface area contributed by atoms with E-state index in [0.717, 1.165) is 12.8 Å². The van der Waals surface area contributed by atoms with Gasteiger partial charge >= 0.3 is 0 Å². The molecular formula is C13H16BrN3O4. The molecule has 0 radical (unpaired) electrons. The van der Waals surface area contributed by atoms with E-state index in [9.17, 15) is 14.9 Å². The number of anilines is 1. The number of ether oxygens (including phenoxy) is 1. The normalized spacial score (nSPS) is 16.0. The van der Waals surface area contributed by atoms with Gasteiger partial charge in [0.15, 0.2) is 0 Å². The minimum absolute atomic E-state index is 0.117. The molecule has 21 heavy (non-hydrogen) atoms. The van der Waals surface area contributed by atoms with Crippen molar-refractivity contribution in [2.24, 2.45) is 5.73 Å². The van der Waals surface area contributed by atoms with Crippen LogP contribution in [0.2, 0.25) is 0 Å². The Morgan fingerprint density at radius 2 is 2.10 bits per heavy atom. The summed E-state index contributed by atoms with van der Waals surface area (Å²) in [7, 11) is 1.65. The lowest BCUT2D eigenvalue weighted by Crippen LogP contribution is -2.38. The molecule has 1 saturated heterocycles. The zero-order chi connectivity index (χ0) is 15.6. The Morgan fingerprint density at radius 1 is 1.48 bits per heavy atom. The first-order chi connectivity index (χ1) is 9.93. The lowest BCUT2D eigenvalue weighted by molar-refractivity contribution is -0.384. The molecule has 7 nitrogen and oxygen atoms in total. The number of carbonyl (C=O) groups excluding carboxylic acids is 1. The third kappa shape index (κ3) is 3.33. The molecule has 0 atom stereocenters. The summed E-state index contributed by atoms with van der Waals surface area (Å²) in [5, 5.41) is 11.3. The summed E-state index contributed by atoms with van der Waals surface area (Å²) < 4.78 is 5.75. The van der Waals surface area contributed by atoms with Crippen molar-refractivity contribution < 1.29 is 14.5 Å². The predicted molar refractivity (Wildman–Crippen MR) is 81.6 cm³/mol. The number of carbonyl (C=O) groups is 1. The fraction of sp³-hybridized carbons (Fsp3) is 0.462. The molecule has 0 saturated carbocycles. The Morgan fingerprint density at radius 3 is 2.57 bits per heavy atom. The van der Waals surface area contributed by atoms with Crippen LogP contribution in [0.5, 0.6) is 0 Å². The molecular weight excluding hydrogens is 342 g/mol. The van der Waals surface area contributed by atoms with Crippen molar-refractivity contribution in [1.29, 1.82) is 0 Å². The number of nitro groups is 1. The number of amides is 1. The van der Waals surface area contributed by atoms with Gasteiger partial charge in [-0.05, 0) is 18.9 Å². The van der Waals surface area contributed by atoms with Crippen molar-refractivity contribution in [3.63, 3.8) is 0 Å². The Bertz CT molecular complexity index is 536. The second-order valence-electron chi connectivity index (χ2n) is 4.86. The van der Waals surface area contributed by atoms with E-state index in [1.807, 2.05) is 4.90 Å². The number of rotatable bonds is 4. The van der Waals surface area contributed by atoms with Gasteiger partial charge in [-0.15, -0.1) is 0 Å². The Labute approximate surface area is 130 Å². The molecule has 1 fully saturated rings. The predicted octanol–water partition coefficient (Wildman–Crippen LogP) is 2.07. The minimum atomic E-state index is -0.678. The molecule has 0 aliphatic carbocycles. The van der Waals surface area contributed by atoms with Crippen molar-refractivity contribution in [2.75, 3.05) is 25.1 Å². The lowest BCUT2D eigenvalue weighted by atomic mass is 10.0. The van der Waals surface area contributed by atoms with Gasteiger partial charge in [0.05, 0.1) is 16.6 Å². The summed E-state index contributed by atoms with van der Waals surface area (Å²) in [5.41, 5.74) is 5.72. The number of methoxy groups -OCH3 is 1. The molecule has 0 spiro atoms. The lowest BCUT2D eigenvalue weighted by Gasteiger charge is -2.33. The monoisotopic (exact) mass is 357 g/mol. The van der Waals surface area contributed by atoms with Crippen LogP contribution in [0.1, 0.15) is 23.2 Å². The summed E-state index contributed by atoms with van der Waals surface area (Å²) in [4.78, 5) is 24.3. The van der Waals surface area contributed by atoms with Crippen molar-refractivity contribution in [1.82, 2.24) is 0 Å². The van der Waals surface area contributed by atoms with Gasteiger partial charge in [0.1, 0.15) is 5.69 Å². The van der Waals surface area contributed by atoms with Gasteiger partial charge in [0.2, 0.25) is 0 Å². The van der Waals surface area contributed by atoms with E-state index in [1.165, 1.54) is 12.1 Å². The molecule has 0 aromatic heterocycles. The van der Waals surface area contributed by atoms with Crippen LogP contribution in [0.3, 0.4) is 0 Å². The molecule has 1 heterocycles. The summed E-state index contributed by atoms with van der Waals surface area (Å²) in [6, 6.07) is 2.91. The molecule has 2 N–H and O–H groups in total. The molecule has 114 valence electrons. The van der Waals surface area contributed by atoms with Crippen molar-refractivity contribution in [3.05, 3.63) is 32.3 Å². The van der Waals surface area contributed by atoms with E-state index in [0.29, 0.717) is 23.2 Å². The molecule has 0 bridgehead atoms.